The molecule has 0 atom stereocenters. The summed E-state index contributed by atoms with van der Waals surface area (Å²) in [6.45, 7) is 3.64. The molecule has 2 N–H and O–H groups in total. The van der Waals surface area contributed by atoms with E-state index < -0.39 is 11.9 Å². The number of hydrogen-bond donors (Lipinski definition) is 2. The molecule has 0 unspecified atom stereocenters. The van der Waals surface area contributed by atoms with Crippen molar-refractivity contribution in [2.45, 2.75) is 31.2 Å². The van der Waals surface area contributed by atoms with Gasteiger partial charge in [0, 0.05) is 16.8 Å². The number of benzene rings is 1. The van der Waals surface area contributed by atoms with Crippen molar-refractivity contribution in [3.05, 3.63) is 67.5 Å². The minimum atomic E-state index is -0.476. The van der Waals surface area contributed by atoms with Gasteiger partial charge < -0.3 is 15.0 Å². The maximum Gasteiger partial charge on any atom is 0.350 e. The molecule has 1 amide bonds. The van der Waals surface area contributed by atoms with E-state index in [0.717, 1.165) is 16.9 Å². The Morgan fingerprint density at radius 3 is 2.84 bits per heavy atom. The van der Waals surface area contributed by atoms with Crippen molar-refractivity contribution < 1.29 is 14.3 Å². The molecule has 0 saturated carbocycles. The summed E-state index contributed by atoms with van der Waals surface area (Å²) in [6, 6.07) is 8.68. The zero-order valence-electron chi connectivity index (χ0n) is 16.7. The van der Waals surface area contributed by atoms with Crippen LogP contribution in [0.25, 0.3) is 0 Å². The first kappa shape index (κ1) is 23.0. The normalized spacial score (nSPS) is 10.7. The lowest BCUT2D eigenvalue weighted by Crippen LogP contribution is -2.18. The predicted molar refractivity (Wildman–Crippen MR) is 121 cm³/mol. The lowest BCUT2D eigenvalue weighted by atomic mass is 10.2. The number of thiazole rings is 1. The van der Waals surface area contributed by atoms with Crippen LogP contribution in [0.2, 0.25) is 5.02 Å². The third kappa shape index (κ3) is 6.65. The largest absolute Gasteiger partial charge is 0.462 e. The fraction of sp³-hybridized carbons (Fsp3) is 0.250. The van der Waals surface area contributed by atoms with Gasteiger partial charge in [0.2, 0.25) is 5.91 Å². The first-order chi connectivity index (χ1) is 14.8. The Kier molecular flexibility index (Phi) is 7.83. The number of amides is 1. The van der Waals surface area contributed by atoms with Gasteiger partial charge in [0.1, 0.15) is 4.88 Å². The standard InChI is InChI=1S/C20H19ClN4O4S2/c1-3-29-18(28)17-11(2)22-20(31-17)25-16(27)9-14-8-15(26)24-19(23-14)30-10-12-5-4-6-13(21)7-12/h4-8H,3,9-10H2,1-2H3,(H,22,25,27)(H,23,24,26). The van der Waals surface area contributed by atoms with Gasteiger partial charge in [-0.1, -0.05) is 46.8 Å². The summed E-state index contributed by atoms with van der Waals surface area (Å²) in [5, 5.41) is 3.96. The highest BCUT2D eigenvalue weighted by Crippen LogP contribution is 2.24. The number of anilines is 1. The van der Waals surface area contributed by atoms with Crippen LogP contribution in [-0.2, 0) is 21.7 Å². The summed E-state index contributed by atoms with van der Waals surface area (Å²) in [7, 11) is 0. The Bertz CT molecular complexity index is 1160. The fourth-order valence-electron chi connectivity index (χ4n) is 2.58. The molecule has 162 valence electrons. The molecule has 0 aliphatic rings. The van der Waals surface area contributed by atoms with Crippen molar-refractivity contribution in [2.75, 3.05) is 11.9 Å². The van der Waals surface area contributed by atoms with Gasteiger partial charge in [-0.05, 0) is 31.5 Å². The number of aromatic nitrogens is 3. The molecule has 0 fully saturated rings. The monoisotopic (exact) mass is 478 g/mol. The maximum atomic E-state index is 12.4. The number of nitrogens with zero attached hydrogens (tertiary/aromatic N) is 2. The molecule has 0 bridgehead atoms. The van der Waals surface area contributed by atoms with Crippen LogP contribution >= 0.6 is 34.7 Å². The summed E-state index contributed by atoms with van der Waals surface area (Å²) in [5.74, 6) is -0.308. The second kappa shape index (κ2) is 10.6. The molecule has 0 aliphatic heterocycles. The molecule has 0 saturated heterocycles. The molecule has 1 aromatic carbocycles. The third-order valence-corrected chi connectivity index (χ3v) is 6.12. The number of carbonyl (C=O) groups excluding carboxylic acids is 2. The van der Waals surface area contributed by atoms with Gasteiger partial charge in [0.05, 0.1) is 24.4 Å². The summed E-state index contributed by atoms with van der Waals surface area (Å²) in [4.78, 5) is 47.8. The number of hydrogen-bond acceptors (Lipinski definition) is 8. The van der Waals surface area contributed by atoms with Gasteiger partial charge in [-0.2, -0.15) is 0 Å². The lowest BCUT2D eigenvalue weighted by Gasteiger charge is -2.05. The van der Waals surface area contributed by atoms with Crippen molar-refractivity contribution in [1.82, 2.24) is 15.0 Å². The van der Waals surface area contributed by atoms with Crippen LogP contribution in [0.3, 0.4) is 0 Å². The number of carbonyl (C=O) groups is 2. The second-order valence-corrected chi connectivity index (χ2v) is 8.74. The topological polar surface area (TPSA) is 114 Å². The Labute approximate surface area is 191 Å². The number of nitrogens with one attached hydrogen (secondary N) is 2. The number of aromatic amines is 1. The number of thioether (sulfide) groups is 1. The van der Waals surface area contributed by atoms with E-state index >= 15 is 0 Å². The molecule has 3 aromatic rings. The summed E-state index contributed by atoms with van der Waals surface area (Å²) >= 11 is 8.36. The molecule has 2 heterocycles. The Morgan fingerprint density at radius 2 is 2.10 bits per heavy atom. The van der Waals surface area contributed by atoms with Crippen LogP contribution in [0.15, 0.2) is 40.3 Å². The van der Waals surface area contributed by atoms with E-state index in [1.54, 1.807) is 19.9 Å². The van der Waals surface area contributed by atoms with Crippen LogP contribution in [0, 0.1) is 6.92 Å². The molecule has 0 aliphatic carbocycles. The number of rotatable bonds is 8. The molecule has 31 heavy (non-hydrogen) atoms. The molecule has 11 heteroatoms. The fourth-order valence-corrected chi connectivity index (χ4v) is 4.51. The van der Waals surface area contributed by atoms with Crippen LogP contribution in [0.5, 0.6) is 0 Å². The zero-order chi connectivity index (χ0) is 22.4. The molecule has 2 aromatic heterocycles. The second-order valence-electron chi connectivity index (χ2n) is 6.34. The molecule has 8 nitrogen and oxygen atoms in total. The van der Waals surface area contributed by atoms with E-state index in [-0.39, 0.29) is 23.7 Å². The van der Waals surface area contributed by atoms with Crippen LogP contribution in [0.4, 0.5) is 5.13 Å². The Hall–Kier alpha value is -2.69. The quantitative estimate of drug-likeness (QED) is 0.287. The average molecular weight is 479 g/mol. The van der Waals surface area contributed by atoms with E-state index in [2.05, 4.69) is 20.3 Å². The van der Waals surface area contributed by atoms with E-state index in [4.69, 9.17) is 16.3 Å². The summed E-state index contributed by atoms with van der Waals surface area (Å²) < 4.78 is 4.97. The van der Waals surface area contributed by atoms with Gasteiger partial charge in [-0.3, -0.25) is 9.59 Å². The van der Waals surface area contributed by atoms with Gasteiger partial charge in [0.15, 0.2) is 10.3 Å². The SMILES string of the molecule is CCOC(=O)c1sc(NC(=O)Cc2cc(=O)[nH]c(SCc3cccc(Cl)c3)n2)nc1C. The minimum absolute atomic E-state index is 0.109. The average Bonchev–Trinajstić information content (AvgIpc) is 3.06. The lowest BCUT2D eigenvalue weighted by molar-refractivity contribution is -0.115. The third-order valence-electron chi connectivity index (χ3n) is 3.88. The number of ether oxygens (including phenoxy) is 1. The van der Waals surface area contributed by atoms with Crippen LogP contribution in [-0.4, -0.2) is 33.4 Å². The van der Waals surface area contributed by atoms with E-state index in [1.807, 2.05) is 18.2 Å². The number of halogens is 1. The first-order valence-corrected chi connectivity index (χ1v) is 11.4. The van der Waals surface area contributed by atoms with Gasteiger partial charge >= 0.3 is 5.97 Å². The first-order valence-electron chi connectivity index (χ1n) is 9.26. The highest BCUT2D eigenvalue weighted by atomic mass is 35.5. The summed E-state index contributed by atoms with van der Waals surface area (Å²) in [6.07, 6.45) is -0.109. The van der Waals surface area contributed by atoms with Gasteiger partial charge in [-0.25, -0.2) is 14.8 Å². The predicted octanol–water partition coefficient (Wildman–Crippen LogP) is 3.84. The Morgan fingerprint density at radius 1 is 1.29 bits per heavy atom. The minimum Gasteiger partial charge on any atom is -0.462 e. The Balaban J connectivity index is 1.64. The van der Waals surface area contributed by atoms with E-state index in [9.17, 15) is 14.4 Å². The van der Waals surface area contributed by atoms with Crippen molar-refractivity contribution in [1.29, 1.82) is 0 Å². The van der Waals surface area contributed by atoms with Crippen molar-refractivity contribution in [3.8, 4) is 0 Å². The zero-order valence-corrected chi connectivity index (χ0v) is 19.1. The number of aryl methyl sites for hydroxylation is 1. The highest BCUT2D eigenvalue weighted by molar-refractivity contribution is 7.98. The van der Waals surface area contributed by atoms with Crippen molar-refractivity contribution in [3.63, 3.8) is 0 Å². The van der Waals surface area contributed by atoms with E-state index in [1.165, 1.54) is 17.8 Å². The van der Waals surface area contributed by atoms with Crippen LogP contribution in [0.1, 0.15) is 33.5 Å². The van der Waals surface area contributed by atoms with Gasteiger partial charge in [-0.15, -0.1) is 0 Å². The maximum absolute atomic E-state index is 12.4. The van der Waals surface area contributed by atoms with Crippen molar-refractivity contribution >= 4 is 51.7 Å². The molecular weight excluding hydrogens is 460 g/mol. The molecule has 0 spiro atoms. The van der Waals surface area contributed by atoms with Gasteiger partial charge in [0.25, 0.3) is 5.56 Å². The highest BCUT2D eigenvalue weighted by Gasteiger charge is 2.18. The molecule has 0 radical (unpaired) electrons. The smallest absolute Gasteiger partial charge is 0.350 e. The number of H-pyrrole nitrogens is 1. The number of esters is 1. The summed E-state index contributed by atoms with van der Waals surface area (Å²) in [5.41, 5.74) is 1.45. The van der Waals surface area contributed by atoms with Crippen LogP contribution < -0.4 is 10.9 Å². The van der Waals surface area contributed by atoms with E-state index in [0.29, 0.717) is 32.2 Å². The van der Waals surface area contributed by atoms with Crippen molar-refractivity contribution in [2.24, 2.45) is 0 Å². The molecule has 3 rings (SSSR count). The molecular formula is C20H19ClN4O4S2.